The molecular formula is C33H29N3O3. The lowest BCUT2D eigenvalue weighted by molar-refractivity contribution is -0.119. The van der Waals surface area contributed by atoms with Gasteiger partial charge in [-0.25, -0.2) is 14.8 Å². The zero-order valence-electron chi connectivity index (χ0n) is 22.4. The Labute approximate surface area is 227 Å². The Kier molecular flexibility index (Phi) is 7.19. The second kappa shape index (κ2) is 10.9. The molecule has 0 aliphatic rings. The fraction of sp³-hybridized carbons (Fsp3) is 0.152. The second-order valence-electron chi connectivity index (χ2n) is 9.75. The number of hydrogen-bond donors (Lipinski definition) is 1. The van der Waals surface area contributed by atoms with E-state index in [1.165, 1.54) is 0 Å². The number of anilines is 1. The standard InChI is InChI=1S/C33H29N3O3/c1-20-8-12-24(13-9-20)31-32(25-14-10-21(2)11-15-25)35-28-18-26(16-17-27(28)34-31)33(38)39-19-29(37)36-30-22(3)6-5-7-23(30)4/h5-18H,19H2,1-4H3,(H,36,37). The van der Waals surface area contributed by atoms with Crippen LogP contribution in [-0.2, 0) is 9.53 Å². The summed E-state index contributed by atoms with van der Waals surface area (Å²) in [6.45, 7) is 7.53. The lowest BCUT2D eigenvalue weighted by Gasteiger charge is -2.13. The molecule has 194 valence electrons. The van der Waals surface area contributed by atoms with Crippen LogP contribution in [0.3, 0.4) is 0 Å². The molecule has 0 unspecified atom stereocenters. The molecule has 0 spiro atoms. The van der Waals surface area contributed by atoms with E-state index in [1.807, 2.05) is 82.3 Å². The normalized spacial score (nSPS) is 10.9. The summed E-state index contributed by atoms with van der Waals surface area (Å²) in [6.07, 6.45) is 0. The van der Waals surface area contributed by atoms with E-state index < -0.39 is 18.5 Å². The number of nitrogens with one attached hydrogen (secondary N) is 1. The maximum absolute atomic E-state index is 12.8. The zero-order chi connectivity index (χ0) is 27.5. The van der Waals surface area contributed by atoms with Crippen LogP contribution in [0.5, 0.6) is 0 Å². The topological polar surface area (TPSA) is 81.2 Å². The number of esters is 1. The van der Waals surface area contributed by atoms with Crippen LogP contribution in [0.2, 0.25) is 0 Å². The van der Waals surface area contributed by atoms with Crippen molar-refractivity contribution < 1.29 is 14.3 Å². The predicted molar refractivity (Wildman–Crippen MR) is 155 cm³/mol. The summed E-state index contributed by atoms with van der Waals surface area (Å²) in [7, 11) is 0. The Morgan fingerprint density at radius 1 is 0.692 bits per heavy atom. The van der Waals surface area contributed by atoms with Crippen LogP contribution in [-0.4, -0.2) is 28.5 Å². The molecule has 0 aliphatic carbocycles. The Morgan fingerprint density at radius 2 is 1.23 bits per heavy atom. The van der Waals surface area contributed by atoms with Gasteiger partial charge in [0.1, 0.15) is 0 Å². The van der Waals surface area contributed by atoms with Crippen molar-refractivity contribution in [2.24, 2.45) is 0 Å². The van der Waals surface area contributed by atoms with E-state index in [1.54, 1.807) is 18.2 Å². The van der Waals surface area contributed by atoms with E-state index >= 15 is 0 Å². The van der Waals surface area contributed by atoms with E-state index in [-0.39, 0.29) is 0 Å². The molecule has 5 aromatic rings. The van der Waals surface area contributed by atoms with Gasteiger partial charge in [-0.05, 0) is 57.0 Å². The minimum atomic E-state index is -0.602. The van der Waals surface area contributed by atoms with Crippen LogP contribution in [0.15, 0.2) is 84.9 Å². The molecule has 1 aromatic heterocycles. The zero-order valence-corrected chi connectivity index (χ0v) is 22.4. The fourth-order valence-electron chi connectivity index (χ4n) is 4.41. The molecule has 1 N–H and O–H groups in total. The molecule has 0 atom stereocenters. The summed E-state index contributed by atoms with van der Waals surface area (Å²) < 4.78 is 5.32. The molecule has 0 radical (unpaired) electrons. The first-order valence-corrected chi connectivity index (χ1v) is 12.8. The number of aryl methyl sites for hydroxylation is 4. The molecular weight excluding hydrogens is 486 g/mol. The average Bonchev–Trinajstić information content (AvgIpc) is 2.93. The van der Waals surface area contributed by atoms with Gasteiger partial charge in [-0.2, -0.15) is 0 Å². The van der Waals surface area contributed by atoms with Gasteiger partial charge in [0.05, 0.1) is 28.0 Å². The van der Waals surface area contributed by atoms with Gasteiger partial charge in [-0.15, -0.1) is 0 Å². The van der Waals surface area contributed by atoms with E-state index in [9.17, 15) is 9.59 Å². The largest absolute Gasteiger partial charge is 0.452 e. The highest BCUT2D eigenvalue weighted by Gasteiger charge is 2.17. The molecule has 0 saturated carbocycles. The van der Waals surface area contributed by atoms with Crippen LogP contribution in [0.1, 0.15) is 32.6 Å². The third kappa shape index (κ3) is 5.70. The Hall–Kier alpha value is -4.84. The highest BCUT2D eigenvalue weighted by atomic mass is 16.5. The molecule has 0 fully saturated rings. The number of carbonyl (C=O) groups is 2. The first kappa shape index (κ1) is 25.8. The number of carbonyl (C=O) groups excluding carboxylic acids is 2. The third-order valence-corrected chi connectivity index (χ3v) is 6.63. The van der Waals surface area contributed by atoms with Crippen molar-refractivity contribution in [2.75, 3.05) is 11.9 Å². The lowest BCUT2D eigenvalue weighted by Crippen LogP contribution is -2.21. The number of ether oxygens (including phenoxy) is 1. The van der Waals surface area contributed by atoms with Gasteiger partial charge in [0.25, 0.3) is 5.91 Å². The Balaban J connectivity index is 1.42. The van der Waals surface area contributed by atoms with Crippen molar-refractivity contribution >= 4 is 28.6 Å². The number of amides is 1. The van der Waals surface area contributed by atoms with Crippen LogP contribution < -0.4 is 5.32 Å². The number of nitrogens with zero attached hydrogens (tertiary/aromatic N) is 2. The Morgan fingerprint density at radius 3 is 1.79 bits per heavy atom. The highest BCUT2D eigenvalue weighted by Crippen LogP contribution is 2.31. The molecule has 6 nitrogen and oxygen atoms in total. The van der Waals surface area contributed by atoms with Gasteiger partial charge in [0.2, 0.25) is 0 Å². The van der Waals surface area contributed by atoms with E-state index in [0.29, 0.717) is 16.6 Å². The summed E-state index contributed by atoms with van der Waals surface area (Å²) in [5.74, 6) is -0.999. The predicted octanol–water partition coefficient (Wildman–Crippen LogP) is 6.99. The maximum atomic E-state index is 12.8. The molecule has 0 saturated heterocycles. The lowest BCUT2D eigenvalue weighted by atomic mass is 10.0. The quantitative estimate of drug-likeness (QED) is 0.246. The summed E-state index contributed by atoms with van der Waals surface area (Å²) in [5, 5.41) is 2.83. The van der Waals surface area contributed by atoms with E-state index in [4.69, 9.17) is 14.7 Å². The van der Waals surface area contributed by atoms with Crippen molar-refractivity contribution in [3.63, 3.8) is 0 Å². The highest BCUT2D eigenvalue weighted by molar-refractivity contribution is 5.98. The van der Waals surface area contributed by atoms with Crippen molar-refractivity contribution in [3.8, 4) is 22.5 Å². The second-order valence-corrected chi connectivity index (χ2v) is 9.75. The number of fused-ring (bicyclic) bond motifs is 1. The molecule has 0 aliphatic heterocycles. The van der Waals surface area contributed by atoms with E-state index in [2.05, 4.69) is 17.4 Å². The van der Waals surface area contributed by atoms with Crippen molar-refractivity contribution in [1.29, 1.82) is 0 Å². The smallest absolute Gasteiger partial charge is 0.338 e. The van der Waals surface area contributed by atoms with Crippen molar-refractivity contribution in [1.82, 2.24) is 9.97 Å². The number of benzene rings is 4. The molecule has 1 amide bonds. The molecule has 5 rings (SSSR count). The van der Waals surface area contributed by atoms with Crippen molar-refractivity contribution in [2.45, 2.75) is 27.7 Å². The molecule has 6 heteroatoms. The van der Waals surface area contributed by atoms with Crippen LogP contribution in [0.25, 0.3) is 33.5 Å². The number of aromatic nitrogens is 2. The van der Waals surface area contributed by atoms with Gasteiger partial charge in [-0.1, -0.05) is 77.9 Å². The first-order chi connectivity index (χ1) is 18.8. The molecule has 0 bridgehead atoms. The van der Waals surface area contributed by atoms with Gasteiger partial charge >= 0.3 is 5.97 Å². The minimum absolute atomic E-state index is 0.301. The first-order valence-electron chi connectivity index (χ1n) is 12.8. The van der Waals surface area contributed by atoms with Gasteiger partial charge in [-0.3, -0.25) is 4.79 Å². The summed E-state index contributed by atoms with van der Waals surface area (Å²) in [6, 6.07) is 27.1. The molecule has 1 heterocycles. The van der Waals surface area contributed by atoms with Gasteiger partial charge in [0.15, 0.2) is 6.61 Å². The summed E-state index contributed by atoms with van der Waals surface area (Å²) in [4.78, 5) is 35.2. The average molecular weight is 516 g/mol. The van der Waals surface area contributed by atoms with Crippen LogP contribution >= 0.6 is 0 Å². The van der Waals surface area contributed by atoms with Crippen molar-refractivity contribution in [3.05, 3.63) is 113 Å². The molecule has 4 aromatic carbocycles. The number of para-hydroxylation sites is 1. The summed E-state index contributed by atoms with van der Waals surface area (Å²) >= 11 is 0. The third-order valence-electron chi connectivity index (χ3n) is 6.63. The van der Waals surface area contributed by atoms with Gasteiger partial charge < -0.3 is 10.1 Å². The van der Waals surface area contributed by atoms with Gasteiger partial charge in [0, 0.05) is 16.8 Å². The number of hydrogen-bond acceptors (Lipinski definition) is 5. The number of rotatable bonds is 6. The van der Waals surface area contributed by atoms with Crippen LogP contribution in [0, 0.1) is 27.7 Å². The van der Waals surface area contributed by atoms with E-state index in [0.717, 1.165) is 50.5 Å². The Bertz CT molecular complexity index is 1670. The summed E-state index contributed by atoms with van der Waals surface area (Å²) in [5.41, 5.74) is 9.84. The SMILES string of the molecule is Cc1ccc(-c2nc3ccc(C(=O)OCC(=O)Nc4c(C)cccc4C)cc3nc2-c2ccc(C)cc2)cc1. The fourth-order valence-corrected chi connectivity index (χ4v) is 4.41. The molecule has 39 heavy (non-hydrogen) atoms. The minimum Gasteiger partial charge on any atom is -0.452 e. The van der Waals surface area contributed by atoms with Crippen LogP contribution in [0.4, 0.5) is 5.69 Å². The maximum Gasteiger partial charge on any atom is 0.338 e. The monoisotopic (exact) mass is 515 g/mol.